The molecule has 0 aromatic carbocycles. The van der Waals surface area contributed by atoms with Crippen LogP contribution >= 0.6 is 0 Å². The molecule has 0 heterocycles. The van der Waals surface area contributed by atoms with Gasteiger partial charge in [0.05, 0.1) is 0 Å². The molecule has 0 aliphatic rings. The van der Waals surface area contributed by atoms with Gasteiger partial charge in [0.25, 0.3) is 0 Å². The van der Waals surface area contributed by atoms with Crippen LogP contribution in [0, 0.1) is 0 Å². The normalized spacial score (nSPS) is 11.1. The minimum atomic E-state index is -0.500. The van der Waals surface area contributed by atoms with Gasteiger partial charge >= 0.3 is 11.9 Å². The van der Waals surface area contributed by atoms with Gasteiger partial charge in [-0.2, -0.15) is 0 Å². The van der Waals surface area contributed by atoms with E-state index in [0.29, 0.717) is 6.42 Å². The molecule has 0 fully saturated rings. The standard InChI is InChI=1S/C23H38O4/c1-3-5-6-7-8-9-10-11-12-13-14-15-16-17-18-19-23(25)27-21-20-26-22(24)4-2/h4,8-9,11-12H,2-3,5-7,10,13-21H2,1H3. The van der Waals surface area contributed by atoms with E-state index in [1.165, 1.54) is 38.5 Å². The van der Waals surface area contributed by atoms with Gasteiger partial charge in [0.1, 0.15) is 13.2 Å². The first-order chi connectivity index (χ1) is 13.2. The molecule has 27 heavy (non-hydrogen) atoms. The first kappa shape index (κ1) is 25.2. The second-order valence-electron chi connectivity index (χ2n) is 6.57. The lowest BCUT2D eigenvalue weighted by Crippen LogP contribution is -2.12. The Kier molecular flexibility index (Phi) is 19.1. The van der Waals surface area contributed by atoms with Crippen LogP contribution in [0.25, 0.3) is 0 Å². The van der Waals surface area contributed by atoms with Gasteiger partial charge in [0.15, 0.2) is 0 Å². The van der Waals surface area contributed by atoms with Gasteiger partial charge in [0, 0.05) is 12.5 Å². The molecule has 0 aliphatic heterocycles. The summed E-state index contributed by atoms with van der Waals surface area (Å²) < 4.78 is 9.72. The zero-order chi connectivity index (χ0) is 20.0. The lowest BCUT2D eigenvalue weighted by atomic mass is 10.1. The highest BCUT2D eigenvalue weighted by Gasteiger charge is 2.03. The number of ether oxygens (including phenoxy) is 2. The molecule has 4 heteroatoms. The second-order valence-corrected chi connectivity index (χ2v) is 6.57. The summed E-state index contributed by atoms with van der Waals surface area (Å²) in [6.45, 7) is 5.71. The molecule has 0 amide bonds. The number of hydrogen-bond donors (Lipinski definition) is 0. The Labute approximate surface area is 165 Å². The minimum absolute atomic E-state index is 0.0821. The fourth-order valence-corrected chi connectivity index (χ4v) is 2.51. The van der Waals surface area contributed by atoms with Crippen molar-refractivity contribution in [1.82, 2.24) is 0 Å². The first-order valence-corrected chi connectivity index (χ1v) is 10.5. The SMILES string of the molecule is C=CC(=O)OCCOC(=O)CCCCCCCC=CCC=CCCCCC. The summed E-state index contributed by atoms with van der Waals surface area (Å²) in [5, 5.41) is 0. The number of carbonyl (C=O) groups is 2. The molecule has 0 aromatic rings. The van der Waals surface area contributed by atoms with Gasteiger partial charge in [-0.1, -0.05) is 69.9 Å². The number of unbranched alkanes of at least 4 members (excludes halogenated alkanes) is 8. The minimum Gasteiger partial charge on any atom is -0.462 e. The van der Waals surface area contributed by atoms with E-state index < -0.39 is 5.97 Å². The monoisotopic (exact) mass is 378 g/mol. The molecule has 0 bridgehead atoms. The van der Waals surface area contributed by atoms with E-state index in [9.17, 15) is 9.59 Å². The van der Waals surface area contributed by atoms with E-state index in [4.69, 9.17) is 9.47 Å². The molecule has 0 aliphatic carbocycles. The quantitative estimate of drug-likeness (QED) is 0.126. The summed E-state index contributed by atoms with van der Waals surface area (Å²) >= 11 is 0. The number of carbonyl (C=O) groups excluding carboxylic acids is 2. The smallest absolute Gasteiger partial charge is 0.330 e. The summed E-state index contributed by atoms with van der Waals surface area (Å²) in [6.07, 6.45) is 23.3. The van der Waals surface area contributed by atoms with Crippen molar-refractivity contribution < 1.29 is 19.1 Å². The van der Waals surface area contributed by atoms with Crippen LogP contribution in [0.4, 0.5) is 0 Å². The van der Waals surface area contributed by atoms with Gasteiger partial charge in [-0.25, -0.2) is 4.79 Å². The third-order valence-electron chi connectivity index (χ3n) is 4.09. The predicted octanol–water partition coefficient (Wildman–Crippen LogP) is 6.07. The van der Waals surface area contributed by atoms with Crippen molar-refractivity contribution in [2.24, 2.45) is 0 Å². The van der Waals surface area contributed by atoms with Gasteiger partial charge in [-0.05, 0) is 38.5 Å². The number of hydrogen-bond acceptors (Lipinski definition) is 4. The summed E-state index contributed by atoms with van der Waals surface area (Å²) in [5.41, 5.74) is 0. The molecule has 0 unspecified atom stereocenters. The van der Waals surface area contributed by atoms with E-state index in [-0.39, 0.29) is 19.2 Å². The predicted molar refractivity (Wildman–Crippen MR) is 111 cm³/mol. The molecule has 0 N–H and O–H groups in total. The van der Waals surface area contributed by atoms with Crippen molar-refractivity contribution in [3.8, 4) is 0 Å². The van der Waals surface area contributed by atoms with E-state index in [2.05, 4.69) is 37.8 Å². The Morgan fingerprint density at radius 3 is 2.04 bits per heavy atom. The molecule has 0 radical (unpaired) electrons. The van der Waals surface area contributed by atoms with E-state index >= 15 is 0 Å². The van der Waals surface area contributed by atoms with Gasteiger partial charge in [-0.3, -0.25) is 4.79 Å². The highest BCUT2D eigenvalue weighted by atomic mass is 16.6. The Hall–Kier alpha value is -1.84. The molecule has 0 atom stereocenters. The van der Waals surface area contributed by atoms with Crippen molar-refractivity contribution in [2.45, 2.75) is 84.0 Å². The Morgan fingerprint density at radius 2 is 1.37 bits per heavy atom. The molecule has 4 nitrogen and oxygen atoms in total. The second kappa shape index (κ2) is 20.5. The molecule has 0 spiro atoms. The Morgan fingerprint density at radius 1 is 0.778 bits per heavy atom. The summed E-state index contributed by atoms with van der Waals surface area (Å²) in [6, 6.07) is 0. The largest absolute Gasteiger partial charge is 0.462 e. The highest BCUT2D eigenvalue weighted by molar-refractivity contribution is 5.81. The zero-order valence-electron chi connectivity index (χ0n) is 17.1. The fraction of sp³-hybridized carbons (Fsp3) is 0.652. The third kappa shape index (κ3) is 20.3. The van der Waals surface area contributed by atoms with Gasteiger partial charge in [0.2, 0.25) is 0 Å². The molecule has 0 aromatic heterocycles. The van der Waals surface area contributed by atoms with Crippen LogP contribution in [0.1, 0.15) is 84.0 Å². The summed E-state index contributed by atoms with van der Waals surface area (Å²) in [4.78, 5) is 22.3. The third-order valence-corrected chi connectivity index (χ3v) is 4.09. The van der Waals surface area contributed by atoms with Gasteiger partial charge < -0.3 is 9.47 Å². The molecular weight excluding hydrogens is 340 g/mol. The Bertz CT molecular complexity index is 438. The van der Waals surface area contributed by atoms with Crippen LogP contribution in [0.15, 0.2) is 37.0 Å². The van der Waals surface area contributed by atoms with Gasteiger partial charge in [-0.15, -0.1) is 0 Å². The lowest BCUT2D eigenvalue weighted by molar-refractivity contribution is -0.149. The topological polar surface area (TPSA) is 52.6 Å². The average molecular weight is 379 g/mol. The molecule has 0 saturated carbocycles. The van der Waals surface area contributed by atoms with Crippen molar-refractivity contribution >= 4 is 11.9 Å². The van der Waals surface area contributed by atoms with Crippen LogP contribution in [-0.2, 0) is 19.1 Å². The molecule has 0 saturated heterocycles. The van der Waals surface area contributed by atoms with Crippen LogP contribution < -0.4 is 0 Å². The lowest BCUT2D eigenvalue weighted by Gasteiger charge is -2.05. The van der Waals surface area contributed by atoms with Crippen LogP contribution in [0.2, 0.25) is 0 Å². The number of esters is 2. The maximum Gasteiger partial charge on any atom is 0.330 e. The maximum atomic E-state index is 11.5. The molecule has 154 valence electrons. The highest BCUT2D eigenvalue weighted by Crippen LogP contribution is 2.08. The van der Waals surface area contributed by atoms with Crippen LogP contribution in [0.5, 0.6) is 0 Å². The Balaban J connectivity index is 3.32. The number of allylic oxidation sites excluding steroid dienone is 4. The maximum absolute atomic E-state index is 11.5. The molecule has 0 rings (SSSR count). The van der Waals surface area contributed by atoms with Crippen molar-refractivity contribution in [2.75, 3.05) is 13.2 Å². The summed E-state index contributed by atoms with van der Waals surface area (Å²) in [5.74, 6) is -0.727. The number of rotatable bonds is 18. The summed E-state index contributed by atoms with van der Waals surface area (Å²) in [7, 11) is 0. The van der Waals surface area contributed by atoms with E-state index in [0.717, 1.165) is 38.2 Å². The van der Waals surface area contributed by atoms with Crippen LogP contribution in [0.3, 0.4) is 0 Å². The van der Waals surface area contributed by atoms with Crippen molar-refractivity contribution in [3.63, 3.8) is 0 Å². The van der Waals surface area contributed by atoms with E-state index in [1.807, 2.05) is 0 Å². The molecular formula is C23H38O4. The fourth-order valence-electron chi connectivity index (χ4n) is 2.51. The zero-order valence-corrected chi connectivity index (χ0v) is 17.1. The average Bonchev–Trinajstić information content (AvgIpc) is 2.68. The first-order valence-electron chi connectivity index (χ1n) is 10.5. The van der Waals surface area contributed by atoms with E-state index in [1.54, 1.807) is 0 Å². The van der Waals surface area contributed by atoms with Crippen molar-refractivity contribution in [1.29, 1.82) is 0 Å². The van der Waals surface area contributed by atoms with Crippen molar-refractivity contribution in [3.05, 3.63) is 37.0 Å². The van der Waals surface area contributed by atoms with Crippen LogP contribution in [-0.4, -0.2) is 25.2 Å².